The lowest BCUT2D eigenvalue weighted by Crippen LogP contribution is -1.98. The quantitative estimate of drug-likeness (QED) is 0.702. The molecule has 0 bridgehead atoms. The third-order valence-electron chi connectivity index (χ3n) is 1.36. The number of aromatic amines is 1. The highest BCUT2D eigenvalue weighted by Gasteiger charge is 2.04. The van der Waals surface area contributed by atoms with Crippen LogP contribution in [0.3, 0.4) is 0 Å². The standard InChI is InChI=1S/C7H5NO2S/c9-7-5(4-10-8-7)6-2-1-3-11-6/h1-4H,(H,8,9). The van der Waals surface area contributed by atoms with Crippen molar-refractivity contribution in [1.29, 1.82) is 0 Å². The van der Waals surface area contributed by atoms with Crippen molar-refractivity contribution in [3.63, 3.8) is 0 Å². The van der Waals surface area contributed by atoms with E-state index in [1.807, 2.05) is 17.5 Å². The second-order valence-corrected chi connectivity index (χ2v) is 3.01. The third kappa shape index (κ3) is 1.01. The van der Waals surface area contributed by atoms with Gasteiger partial charge in [-0.15, -0.1) is 11.3 Å². The number of hydrogen-bond acceptors (Lipinski definition) is 3. The van der Waals surface area contributed by atoms with E-state index >= 15 is 0 Å². The van der Waals surface area contributed by atoms with E-state index in [4.69, 9.17) is 0 Å². The number of rotatable bonds is 1. The highest BCUT2D eigenvalue weighted by Crippen LogP contribution is 2.20. The predicted molar refractivity (Wildman–Crippen MR) is 42.6 cm³/mol. The molecular formula is C7H5NO2S. The van der Waals surface area contributed by atoms with Gasteiger partial charge in [-0.2, -0.15) is 5.16 Å². The monoisotopic (exact) mass is 167 g/mol. The Morgan fingerprint density at radius 1 is 1.55 bits per heavy atom. The molecule has 11 heavy (non-hydrogen) atoms. The molecule has 0 fully saturated rings. The Morgan fingerprint density at radius 3 is 3.00 bits per heavy atom. The average Bonchev–Trinajstić information content (AvgIpc) is 2.55. The van der Waals surface area contributed by atoms with Gasteiger partial charge in [0, 0.05) is 4.88 Å². The number of thiophene rings is 1. The Kier molecular flexibility index (Phi) is 1.40. The minimum absolute atomic E-state index is 0.174. The van der Waals surface area contributed by atoms with E-state index < -0.39 is 0 Å². The topological polar surface area (TPSA) is 46.0 Å². The maximum atomic E-state index is 11.0. The molecule has 0 aliphatic rings. The number of H-pyrrole nitrogens is 1. The molecule has 0 amide bonds. The minimum Gasteiger partial charge on any atom is -0.386 e. The Labute approximate surface area is 66.3 Å². The maximum absolute atomic E-state index is 11.0. The van der Waals surface area contributed by atoms with E-state index in [1.54, 1.807) is 0 Å². The summed E-state index contributed by atoms with van der Waals surface area (Å²) in [4.78, 5) is 11.9. The van der Waals surface area contributed by atoms with E-state index in [2.05, 4.69) is 9.68 Å². The van der Waals surface area contributed by atoms with E-state index in [0.29, 0.717) is 5.56 Å². The highest BCUT2D eigenvalue weighted by atomic mass is 32.1. The fourth-order valence-electron chi connectivity index (χ4n) is 0.852. The first kappa shape index (κ1) is 6.42. The fraction of sp³-hybridized carbons (Fsp3) is 0. The van der Waals surface area contributed by atoms with Crippen LogP contribution >= 0.6 is 11.3 Å². The first-order valence-corrected chi connectivity index (χ1v) is 3.96. The van der Waals surface area contributed by atoms with Crippen LogP contribution in [-0.2, 0) is 0 Å². The van der Waals surface area contributed by atoms with Crippen LogP contribution in [0.4, 0.5) is 0 Å². The molecule has 2 aromatic heterocycles. The van der Waals surface area contributed by atoms with Gasteiger partial charge in [0.05, 0.1) is 5.56 Å². The first-order valence-electron chi connectivity index (χ1n) is 3.08. The zero-order valence-electron chi connectivity index (χ0n) is 5.53. The normalized spacial score (nSPS) is 10.2. The van der Waals surface area contributed by atoms with Gasteiger partial charge in [-0.1, -0.05) is 6.07 Å². The zero-order chi connectivity index (χ0) is 7.68. The summed E-state index contributed by atoms with van der Waals surface area (Å²) in [5.41, 5.74) is 0.424. The number of aromatic nitrogens is 1. The Balaban J connectivity index is 2.62. The second-order valence-electron chi connectivity index (χ2n) is 2.06. The summed E-state index contributed by atoms with van der Waals surface area (Å²) < 4.78 is 4.64. The summed E-state index contributed by atoms with van der Waals surface area (Å²) in [6, 6.07) is 3.78. The van der Waals surface area contributed by atoms with Crippen molar-refractivity contribution in [3.05, 3.63) is 34.1 Å². The summed E-state index contributed by atoms with van der Waals surface area (Å²) in [5.74, 6) is 0. The summed E-state index contributed by atoms with van der Waals surface area (Å²) in [5, 5.41) is 4.15. The van der Waals surface area contributed by atoms with Crippen LogP contribution in [0.1, 0.15) is 0 Å². The molecule has 0 saturated heterocycles. The van der Waals surface area contributed by atoms with Crippen LogP contribution in [0, 0.1) is 0 Å². The molecule has 0 saturated carbocycles. The van der Waals surface area contributed by atoms with Gasteiger partial charge in [0.25, 0.3) is 5.56 Å². The van der Waals surface area contributed by atoms with Gasteiger partial charge >= 0.3 is 0 Å². The molecule has 0 aliphatic heterocycles. The summed E-state index contributed by atoms with van der Waals surface area (Å²) in [6.07, 6.45) is 1.42. The van der Waals surface area contributed by atoms with Crippen molar-refractivity contribution in [2.45, 2.75) is 0 Å². The SMILES string of the molecule is O=c1[nH]occ1-c1cccs1. The van der Waals surface area contributed by atoms with Gasteiger partial charge in [0.1, 0.15) is 6.26 Å². The number of hydrogen-bond donors (Lipinski definition) is 1. The highest BCUT2D eigenvalue weighted by molar-refractivity contribution is 7.13. The first-order chi connectivity index (χ1) is 5.38. The van der Waals surface area contributed by atoms with Crippen molar-refractivity contribution < 1.29 is 4.52 Å². The number of nitrogens with one attached hydrogen (secondary N) is 1. The Morgan fingerprint density at radius 2 is 2.45 bits per heavy atom. The molecule has 3 nitrogen and oxygen atoms in total. The van der Waals surface area contributed by atoms with E-state index in [1.165, 1.54) is 17.6 Å². The average molecular weight is 167 g/mol. The predicted octanol–water partition coefficient (Wildman–Crippen LogP) is 1.70. The fourth-order valence-corrected chi connectivity index (χ4v) is 1.58. The third-order valence-corrected chi connectivity index (χ3v) is 2.26. The second kappa shape index (κ2) is 2.39. The molecule has 0 spiro atoms. The summed E-state index contributed by atoms with van der Waals surface area (Å²) in [7, 11) is 0. The van der Waals surface area contributed by atoms with Gasteiger partial charge in [-0.05, 0) is 11.4 Å². The van der Waals surface area contributed by atoms with Gasteiger partial charge in [-0.3, -0.25) is 4.79 Å². The molecule has 56 valence electrons. The molecule has 2 aromatic rings. The molecule has 1 N–H and O–H groups in total. The van der Waals surface area contributed by atoms with Crippen molar-refractivity contribution in [2.75, 3.05) is 0 Å². The lowest BCUT2D eigenvalue weighted by molar-refractivity contribution is 0.414. The molecule has 0 atom stereocenters. The van der Waals surface area contributed by atoms with Crippen molar-refractivity contribution >= 4 is 11.3 Å². The van der Waals surface area contributed by atoms with Gasteiger partial charge < -0.3 is 4.52 Å². The smallest absolute Gasteiger partial charge is 0.288 e. The van der Waals surface area contributed by atoms with Gasteiger partial charge in [-0.25, -0.2) is 0 Å². The Bertz CT molecular complexity index is 384. The molecule has 2 rings (SSSR count). The molecule has 4 heteroatoms. The maximum Gasteiger partial charge on any atom is 0.288 e. The van der Waals surface area contributed by atoms with Crippen LogP contribution < -0.4 is 5.56 Å². The van der Waals surface area contributed by atoms with Crippen LogP contribution in [-0.4, -0.2) is 5.16 Å². The van der Waals surface area contributed by atoms with Crippen LogP contribution in [0.5, 0.6) is 0 Å². The molecule has 0 radical (unpaired) electrons. The van der Waals surface area contributed by atoms with Crippen molar-refractivity contribution in [3.8, 4) is 10.4 Å². The molecule has 0 aliphatic carbocycles. The van der Waals surface area contributed by atoms with Crippen LogP contribution in [0.2, 0.25) is 0 Å². The zero-order valence-corrected chi connectivity index (χ0v) is 6.35. The summed E-state index contributed by atoms with van der Waals surface area (Å²) in [6.45, 7) is 0. The van der Waals surface area contributed by atoms with Gasteiger partial charge in [0.15, 0.2) is 0 Å². The van der Waals surface area contributed by atoms with E-state index in [-0.39, 0.29) is 5.56 Å². The van der Waals surface area contributed by atoms with Crippen LogP contribution in [0.25, 0.3) is 10.4 Å². The van der Waals surface area contributed by atoms with Crippen molar-refractivity contribution in [1.82, 2.24) is 5.16 Å². The minimum atomic E-state index is -0.174. The lowest BCUT2D eigenvalue weighted by atomic mass is 10.3. The molecular weight excluding hydrogens is 162 g/mol. The Hall–Kier alpha value is -1.29. The van der Waals surface area contributed by atoms with E-state index in [9.17, 15) is 4.79 Å². The van der Waals surface area contributed by atoms with Crippen molar-refractivity contribution in [2.24, 2.45) is 0 Å². The summed E-state index contributed by atoms with van der Waals surface area (Å²) >= 11 is 1.51. The molecule has 0 unspecified atom stereocenters. The lowest BCUT2D eigenvalue weighted by Gasteiger charge is -1.81. The largest absolute Gasteiger partial charge is 0.386 e. The molecule has 0 aromatic carbocycles. The van der Waals surface area contributed by atoms with E-state index in [0.717, 1.165) is 4.88 Å². The molecule has 2 heterocycles. The van der Waals surface area contributed by atoms with Crippen LogP contribution in [0.15, 0.2) is 33.1 Å². The van der Waals surface area contributed by atoms with Gasteiger partial charge in [0.2, 0.25) is 0 Å².